The first-order chi connectivity index (χ1) is 14.8. The Bertz CT molecular complexity index is 776. The second-order valence-electron chi connectivity index (χ2n) is 7.17. The van der Waals surface area contributed by atoms with Gasteiger partial charge < -0.3 is 24.6 Å². The van der Waals surface area contributed by atoms with E-state index in [0.717, 1.165) is 62.2 Å². The number of hydrogen-bond acceptors (Lipinski definition) is 5. The van der Waals surface area contributed by atoms with Crippen LogP contribution in [-0.4, -0.2) is 68.9 Å². The number of aromatic nitrogens is 1. The summed E-state index contributed by atoms with van der Waals surface area (Å²) in [5.74, 6) is 2.89. The number of anilines is 1. The summed E-state index contributed by atoms with van der Waals surface area (Å²) < 4.78 is 10.9. The van der Waals surface area contributed by atoms with E-state index in [2.05, 4.69) is 45.2 Å². The van der Waals surface area contributed by atoms with Crippen LogP contribution in [0.1, 0.15) is 18.9 Å². The fraction of sp³-hybridized carbons (Fsp3) is 0.478. The Morgan fingerprint density at radius 3 is 2.70 bits per heavy atom. The van der Waals surface area contributed by atoms with Crippen LogP contribution in [0.2, 0.25) is 0 Å². The number of methoxy groups -OCH3 is 1. The molecule has 0 atom stereocenters. The lowest BCUT2D eigenvalue weighted by atomic mass is 10.2. The number of nitrogens with zero attached hydrogens (tertiary/aromatic N) is 4. The molecular formula is C23H33N5O2. The predicted molar refractivity (Wildman–Crippen MR) is 121 cm³/mol. The van der Waals surface area contributed by atoms with Crippen molar-refractivity contribution in [2.45, 2.75) is 19.9 Å². The number of benzene rings is 1. The Labute approximate surface area is 179 Å². The predicted octanol–water partition coefficient (Wildman–Crippen LogP) is 2.78. The van der Waals surface area contributed by atoms with Crippen molar-refractivity contribution in [3.05, 3.63) is 54.2 Å². The summed E-state index contributed by atoms with van der Waals surface area (Å²) in [4.78, 5) is 14.0. The molecule has 162 valence electrons. The lowest BCUT2D eigenvalue weighted by Crippen LogP contribution is -2.52. The zero-order valence-electron chi connectivity index (χ0n) is 18.1. The summed E-state index contributed by atoms with van der Waals surface area (Å²) in [7, 11) is 1.71. The molecule has 1 aromatic heterocycles. The van der Waals surface area contributed by atoms with Crippen molar-refractivity contribution in [3.8, 4) is 5.75 Å². The summed E-state index contributed by atoms with van der Waals surface area (Å²) in [5, 5.41) is 3.44. The first-order valence-electron chi connectivity index (χ1n) is 10.7. The van der Waals surface area contributed by atoms with E-state index in [1.54, 1.807) is 7.11 Å². The quantitative estimate of drug-likeness (QED) is 0.389. The van der Waals surface area contributed by atoms with E-state index in [9.17, 15) is 0 Å². The van der Waals surface area contributed by atoms with Crippen LogP contribution >= 0.6 is 0 Å². The Hall–Kier alpha value is -2.80. The minimum atomic E-state index is 0.623. The molecule has 1 saturated heterocycles. The Morgan fingerprint density at radius 1 is 1.10 bits per heavy atom. The third kappa shape index (κ3) is 6.62. The topological polar surface area (TPSA) is 62.2 Å². The molecule has 1 aromatic carbocycles. The van der Waals surface area contributed by atoms with Gasteiger partial charge in [0.15, 0.2) is 5.96 Å². The van der Waals surface area contributed by atoms with E-state index in [0.29, 0.717) is 19.8 Å². The van der Waals surface area contributed by atoms with Gasteiger partial charge in [-0.3, -0.25) is 0 Å². The van der Waals surface area contributed by atoms with E-state index in [4.69, 9.17) is 14.5 Å². The summed E-state index contributed by atoms with van der Waals surface area (Å²) in [6.07, 6.45) is 2.73. The normalized spacial score (nSPS) is 14.7. The first-order valence-corrected chi connectivity index (χ1v) is 10.7. The molecule has 1 aliphatic rings. The maximum absolute atomic E-state index is 5.81. The Morgan fingerprint density at radius 2 is 1.97 bits per heavy atom. The van der Waals surface area contributed by atoms with Crippen LogP contribution in [0.5, 0.6) is 5.75 Å². The molecule has 0 saturated carbocycles. The summed E-state index contributed by atoms with van der Waals surface area (Å²) >= 11 is 0. The summed E-state index contributed by atoms with van der Waals surface area (Å²) in [6.45, 7) is 8.66. The van der Waals surface area contributed by atoms with Crippen LogP contribution in [0.15, 0.2) is 53.7 Å². The maximum atomic E-state index is 5.81. The lowest BCUT2D eigenvalue weighted by Gasteiger charge is -2.37. The summed E-state index contributed by atoms with van der Waals surface area (Å²) in [5.41, 5.74) is 1.14. The average Bonchev–Trinajstić information content (AvgIpc) is 2.80. The van der Waals surface area contributed by atoms with Crippen LogP contribution in [0.4, 0.5) is 5.82 Å². The van der Waals surface area contributed by atoms with Crippen LogP contribution in [0.3, 0.4) is 0 Å². The van der Waals surface area contributed by atoms with Crippen molar-refractivity contribution in [1.82, 2.24) is 15.2 Å². The monoisotopic (exact) mass is 411 g/mol. The number of rotatable bonds is 9. The molecular weight excluding hydrogens is 378 g/mol. The first kappa shape index (κ1) is 21.9. The Balaban J connectivity index is 1.56. The molecule has 0 radical (unpaired) electrons. The molecule has 0 amide bonds. The van der Waals surface area contributed by atoms with Crippen LogP contribution in [0, 0.1) is 0 Å². The Kier molecular flexibility index (Phi) is 8.78. The molecule has 3 rings (SSSR count). The fourth-order valence-corrected chi connectivity index (χ4v) is 3.41. The maximum Gasteiger partial charge on any atom is 0.194 e. The standard InChI is InChI=1S/C23H33N5O2/c1-3-24-23(28-14-12-27(13-15-28)22-10-4-5-11-25-22)26-19-20-8-6-9-21(18-20)30-17-7-16-29-2/h4-6,8-11,18H,3,7,12-17,19H2,1-2H3,(H,24,26). The van der Waals surface area contributed by atoms with Crippen molar-refractivity contribution in [2.75, 3.05) is 57.9 Å². The van der Waals surface area contributed by atoms with Gasteiger partial charge in [0.25, 0.3) is 0 Å². The van der Waals surface area contributed by atoms with Gasteiger partial charge in [-0.2, -0.15) is 0 Å². The van der Waals surface area contributed by atoms with Gasteiger partial charge in [0.1, 0.15) is 11.6 Å². The fourth-order valence-electron chi connectivity index (χ4n) is 3.41. The molecule has 1 aliphatic heterocycles. The highest BCUT2D eigenvalue weighted by Gasteiger charge is 2.20. The molecule has 0 bridgehead atoms. The largest absolute Gasteiger partial charge is 0.493 e. The van der Waals surface area contributed by atoms with Gasteiger partial charge >= 0.3 is 0 Å². The molecule has 30 heavy (non-hydrogen) atoms. The van der Waals surface area contributed by atoms with Crippen LogP contribution in [0.25, 0.3) is 0 Å². The molecule has 1 fully saturated rings. The van der Waals surface area contributed by atoms with E-state index in [1.165, 1.54) is 0 Å². The van der Waals surface area contributed by atoms with Gasteiger partial charge in [-0.05, 0) is 36.8 Å². The number of hydrogen-bond donors (Lipinski definition) is 1. The van der Waals surface area contributed by atoms with Crippen LogP contribution < -0.4 is 15.0 Å². The molecule has 1 N–H and O–H groups in total. The molecule has 7 heteroatoms. The van der Waals surface area contributed by atoms with Crippen molar-refractivity contribution >= 4 is 11.8 Å². The molecule has 2 heterocycles. The van der Waals surface area contributed by atoms with E-state index in [1.807, 2.05) is 30.5 Å². The van der Waals surface area contributed by atoms with Crippen molar-refractivity contribution in [3.63, 3.8) is 0 Å². The third-order valence-corrected chi connectivity index (χ3v) is 4.96. The van der Waals surface area contributed by atoms with Crippen molar-refractivity contribution < 1.29 is 9.47 Å². The van der Waals surface area contributed by atoms with Crippen molar-refractivity contribution in [1.29, 1.82) is 0 Å². The minimum absolute atomic E-state index is 0.623. The number of aliphatic imine (C=N–C) groups is 1. The van der Waals surface area contributed by atoms with Gasteiger partial charge in [0.2, 0.25) is 0 Å². The molecule has 0 aliphatic carbocycles. The van der Waals surface area contributed by atoms with Gasteiger partial charge in [0, 0.05) is 59.1 Å². The number of ether oxygens (including phenoxy) is 2. The minimum Gasteiger partial charge on any atom is -0.493 e. The number of guanidine groups is 1. The number of pyridine rings is 1. The second-order valence-corrected chi connectivity index (χ2v) is 7.17. The number of nitrogens with one attached hydrogen (secondary N) is 1. The summed E-state index contributed by atoms with van der Waals surface area (Å²) in [6, 6.07) is 14.2. The van der Waals surface area contributed by atoms with Gasteiger partial charge in [-0.1, -0.05) is 18.2 Å². The molecule has 0 unspecified atom stereocenters. The zero-order valence-corrected chi connectivity index (χ0v) is 18.1. The van der Waals surface area contributed by atoms with Crippen molar-refractivity contribution in [2.24, 2.45) is 4.99 Å². The molecule has 0 spiro atoms. The number of piperazine rings is 1. The lowest BCUT2D eigenvalue weighted by molar-refractivity contribution is 0.172. The SMILES string of the molecule is CCNC(=NCc1cccc(OCCCOC)c1)N1CCN(c2ccccn2)CC1. The van der Waals surface area contributed by atoms with Gasteiger partial charge in [-0.15, -0.1) is 0 Å². The highest BCUT2D eigenvalue weighted by atomic mass is 16.5. The second kappa shape index (κ2) is 12.0. The smallest absolute Gasteiger partial charge is 0.194 e. The van der Waals surface area contributed by atoms with E-state index >= 15 is 0 Å². The highest BCUT2D eigenvalue weighted by Crippen LogP contribution is 2.16. The highest BCUT2D eigenvalue weighted by molar-refractivity contribution is 5.80. The van der Waals surface area contributed by atoms with Gasteiger partial charge in [-0.25, -0.2) is 9.98 Å². The van der Waals surface area contributed by atoms with E-state index < -0.39 is 0 Å². The van der Waals surface area contributed by atoms with Gasteiger partial charge in [0.05, 0.1) is 13.2 Å². The van der Waals surface area contributed by atoms with Crippen LogP contribution in [-0.2, 0) is 11.3 Å². The molecule has 2 aromatic rings. The zero-order chi connectivity index (χ0) is 21.0. The van der Waals surface area contributed by atoms with E-state index in [-0.39, 0.29) is 0 Å². The molecule has 7 nitrogen and oxygen atoms in total. The third-order valence-electron chi connectivity index (χ3n) is 4.96. The average molecular weight is 412 g/mol.